The molecule has 1 aromatic heterocycles. The molecule has 1 unspecified atom stereocenters. The summed E-state index contributed by atoms with van der Waals surface area (Å²) in [5, 5.41) is 2.62. The van der Waals surface area contributed by atoms with E-state index in [9.17, 15) is 0 Å². The number of rotatable bonds is 4. The van der Waals surface area contributed by atoms with Crippen LogP contribution in [0.15, 0.2) is 97.1 Å². The van der Waals surface area contributed by atoms with Crippen molar-refractivity contribution in [3.05, 3.63) is 103 Å². The predicted molar refractivity (Wildman–Crippen MR) is 138 cm³/mol. The highest BCUT2D eigenvalue weighted by Gasteiger charge is 2.15. The Balaban J connectivity index is 0.00000136. The minimum Gasteiger partial charge on any atom is -0.309 e. The Kier molecular flexibility index (Phi) is 6.65. The molecular formula is C30H33N. The zero-order valence-electron chi connectivity index (χ0n) is 17.0. The third kappa shape index (κ3) is 3.77. The Labute approximate surface area is 187 Å². The second-order valence-electron chi connectivity index (χ2n) is 7.82. The number of nitrogens with zero attached hydrogens (tertiary/aromatic N) is 1. The summed E-state index contributed by atoms with van der Waals surface area (Å²) in [5.74, 6) is 0.597. The van der Waals surface area contributed by atoms with Gasteiger partial charge in [-0.3, -0.25) is 0 Å². The van der Waals surface area contributed by atoms with Crippen molar-refractivity contribution >= 4 is 21.8 Å². The molecule has 0 aliphatic heterocycles. The predicted octanol–water partition coefficient (Wildman–Crippen LogP) is 9.24. The molecule has 158 valence electrons. The van der Waals surface area contributed by atoms with Gasteiger partial charge in [-0.15, -0.1) is 0 Å². The molecule has 31 heavy (non-hydrogen) atoms. The van der Waals surface area contributed by atoms with Gasteiger partial charge in [0.15, 0.2) is 0 Å². The lowest BCUT2D eigenvalue weighted by molar-refractivity contribution is 0.734. The minimum absolute atomic E-state index is 0. The van der Waals surface area contributed by atoms with E-state index >= 15 is 0 Å². The first-order valence-electron chi connectivity index (χ1n) is 10.5. The molecule has 1 atom stereocenters. The first kappa shape index (κ1) is 22.4. The topological polar surface area (TPSA) is 4.93 Å². The summed E-state index contributed by atoms with van der Waals surface area (Å²) in [6.07, 6.45) is 1.17. The third-order valence-electron chi connectivity index (χ3n) is 6.12. The van der Waals surface area contributed by atoms with Crippen LogP contribution in [0.4, 0.5) is 0 Å². The van der Waals surface area contributed by atoms with Crippen molar-refractivity contribution in [3.63, 3.8) is 0 Å². The van der Waals surface area contributed by atoms with Crippen LogP contribution in [0, 0.1) is 0 Å². The Hall–Kier alpha value is -3.32. The van der Waals surface area contributed by atoms with Gasteiger partial charge in [0.2, 0.25) is 0 Å². The maximum Gasteiger partial charge on any atom is 0.0547 e. The van der Waals surface area contributed by atoms with Crippen molar-refractivity contribution in [1.29, 1.82) is 0 Å². The van der Waals surface area contributed by atoms with Crippen LogP contribution in [0.2, 0.25) is 0 Å². The molecule has 0 aliphatic rings. The fraction of sp³-hybridized carbons (Fsp3) is 0.200. The zero-order valence-corrected chi connectivity index (χ0v) is 17.0. The van der Waals surface area contributed by atoms with E-state index in [4.69, 9.17) is 0 Å². The van der Waals surface area contributed by atoms with Gasteiger partial charge in [0.05, 0.1) is 11.0 Å². The van der Waals surface area contributed by atoms with E-state index in [2.05, 4.69) is 115 Å². The van der Waals surface area contributed by atoms with Crippen LogP contribution in [0.1, 0.15) is 46.6 Å². The van der Waals surface area contributed by atoms with Crippen LogP contribution in [0.5, 0.6) is 0 Å². The molecule has 1 heterocycles. The minimum atomic E-state index is 0. The zero-order chi connectivity index (χ0) is 19.8. The highest BCUT2D eigenvalue weighted by molar-refractivity contribution is 6.15. The molecular weight excluding hydrogens is 374 g/mol. The number of para-hydroxylation sites is 2. The summed E-state index contributed by atoms with van der Waals surface area (Å²) in [5.41, 5.74) is 7.68. The fourth-order valence-corrected chi connectivity index (χ4v) is 4.34. The van der Waals surface area contributed by atoms with Crippen LogP contribution in [-0.2, 0) is 0 Å². The first-order valence-corrected chi connectivity index (χ1v) is 10.5. The molecule has 0 amide bonds. The number of benzene rings is 4. The lowest BCUT2D eigenvalue weighted by Gasteiger charge is -2.11. The van der Waals surface area contributed by atoms with Crippen molar-refractivity contribution in [2.24, 2.45) is 0 Å². The van der Waals surface area contributed by atoms with E-state index in [-0.39, 0.29) is 14.9 Å². The van der Waals surface area contributed by atoms with E-state index < -0.39 is 0 Å². The largest absolute Gasteiger partial charge is 0.309 e. The summed E-state index contributed by atoms with van der Waals surface area (Å²) < 4.78 is 2.38. The maximum absolute atomic E-state index is 2.38. The number of hydrogen-bond donors (Lipinski definition) is 0. The monoisotopic (exact) mass is 407 g/mol. The van der Waals surface area contributed by atoms with E-state index in [1.54, 1.807) is 0 Å². The Morgan fingerprint density at radius 2 is 1.32 bits per heavy atom. The molecule has 0 spiro atoms. The molecule has 0 radical (unpaired) electrons. The molecule has 4 aromatic carbocycles. The number of fused-ring (bicyclic) bond motifs is 3. The van der Waals surface area contributed by atoms with Gasteiger partial charge in [-0.25, -0.2) is 0 Å². The summed E-state index contributed by atoms with van der Waals surface area (Å²) in [4.78, 5) is 0. The van der Waals surface area contributed by atoms with Crippen molar-refractivity contribution < 1.29 is 0 Å². The molecule has 0 saturated carbocycles. The van der Waals surface area contributed by atoms with Crippen LogP contribution in [-0.4, -0.2) is 4.57 Å². The average Bonchev–Trinajstić information content (AvgIpc) is 3.14. The van der Waals surface area contributed by atoms with Gasteiger partial charge in [-0.2, -0.15) is 0 Å². The van der Waals surface area contributed by atoms with Gasteiger partial charge in [0.1, 0.15) is 0 Å². The highest BCUT2D eigenvalue weighted by atomic mass is 15.0. The van der Waals surface area contributed by atoms with E-state index in [0.29, 0.717) is 5.92 Å². The summed E-state index contributed by atoms with van der Waals surface area (Å²) in [7, 11) is 0. The van der Waals surface area contributed by atoms with E-state index in [0.717, 1.165) is 0 Å². The molecule has 0 saturated heterocycles. The highest BCUT2D eigenvalue weighted by Crippen LogP contribution is 2.38. The second kappa shape index (κ2) is 9.22. The molecule has 0 bridgehead atoms. The molecule has 1 heteroatoms. The van der Waals surface area contributed by atoms with Crippen LogP contribution in [0.25, 0.3) is 38.6 Å². The van der Waals surface area contributed by atoms with Gasteiger partial charge in [-0.1, -0.05) is 101 Å². The summed E-state index contributed by atoms with van der Waals surface area (Å²) >= 11 is 0. The summed E-state index contributed by atoms with van der Waals surface area (Å²) in [6.45, 7) is 4.54. The lowest BCUT2D eigenvalue weighted by Crippen LogP contribution is -1.93. The average molecular weight is 408 g/mol. The van der Waals surface area contributed by atoms with E-state index in [1.807, 2.05) is 0 Å². The normalized spacial score (nSPS) is 11.7. The van der Waals surface area contributed by atoms with Gasteiger partial charge < -0.3 is 4.57 Å². The van der Waals surface area contributed by atoms with Crippen molar-refractivity contribution in [2.45, 2.75) is 41.0 Å². The van der Waals surface area contributed by atoms with Gasteiger partial charge >= 0.3 is 0 Å². The Morgan fingerprint density at radius 3 is 2.03 bits per heavy atom. The smallest absolute Gasteiger partial charge is 0.0547 e. The number of hydrogen-bond acceptors (Lipinski definition) is 0. The molecule has 0 N–H and O–H groups in total. The summed E-state index contributed by atoms with van der Waals surface area (Å²) in [6, 6.07) is 35.2. The lowest BCUT2D eigenvalue weighted by atomic mass is 9.94. The fourth-order valence-electron chi connectivity index (χ4n) is 4.34. The van der Waals surface area contributed by atoms with Crippen molar-refractivity contribution in [1.82, 2.24) is 4.57 Å². The van der Waals surface area contributed by atoms with Crippen LogP contribution < -0.4 is 0 Å². The van der Waals surface area contributed by atoms with Gasteiger partial charge in [0, 0.05) is 16.5 Å². The SMILES string of the molecule is C.C.CCC(C)c1ccc(-c2cccc3c2c2ccccc2n3-c2ccccc2)cc1. The standard InChI is InChI=1S/C28H25N.2CH4/c1-3-20(2)21-16-18-22(19-17-21)24-13-9-15-27-28(24)25-12-7-8-14-26(25)29(27)23-10-5-4-6-11-23;;/h4-20H,3H2,1-2H3;2*1H4. The van der Waals surface area contributed by atoms with Crippen molar-refractivity contribution in [3.8, 4) is 16.8 Å². The van der Waals surface area contributed by atoms with Crippen molar-refractivity contribution in [2.75, 3.05) is 0 Å². The molecule has 0 aliphatic carbocycles. The third-order valence-corrected chi connectivity index (χ3v) is 6.12. The van der Waals surface area contributed by atoms with Gasteiger partial charge in [-0.05, 0) is 53.3 Å². The van der Waals surface area contributed by atoms with Gasteiger partial charge in [0.25, 0.3) is 0 Å². The molecule has 5 aromatic rings. The van der Waals surface area contributed by atoms with Crippen LogP contribution in [0.3, 0.4) is 0 Å². The number of aromatic nitrogens is 1. The molecule has 1 nitrogen and oxygen atoms in total. The second-order valence-corrected chi connectivity index (χ2v) is 7.82. The van der Waals surface area contributed by atoms with E-state index in [1.165, 1.54) is 50.6 Å². The Morgan fingerprint density at radius 1 is 0.677 bits per heavy atom. The first-order chi connectivity index (χ1) is 14.3. The molecule has 5 rings (SSSR count). The molecule has 0 fully saturated rings. The van der Waals surface area contributed by atoms with Crippen LogP contribution >= 0.6 is 0 Å². The Bertz CT molecular complexity index is 1280. The quantitative estimate of drug-likeness (QED) is 0.280. The maximum atomic E-state index is 2.38.